The third kappa shape index (κ3) is 5.43. The second kappa shape index (κ2) is 7.17. The maximum absolute atomic E-state index is 13.4. The highest BCUT2D eigenvalue weighted by molar-refractivity contribution is 5.92. The van der Waals surface area contributed by atoms with Crippen LogP contribution in [0.1, 0.15) is 5.56 Å². The molecule has 1 aromatic carbocycles. The van der Waals surface area contributed by atoms with Gasteiger partial charge in [0.15, 0.2) is 0 Å². The minimum atomic E-state index is -1.23. The number of carboxylic acid groups (broad SMARTS) is 1. The Labute approximate surface area is 118 Å². The third-order valence-corrected chi connectivity index (χ3v) is 2.34. The maximum Gasteiger partial charge on any atom is 0.322 e. The second-order valence-electron chi connectivity index (χ2n) is 4.06. The van der Waals surface area contributed by atoms with Gasteiger partial charge in [0.25, 0.3) is 0 Å². The van der Waals surface area contributed by atoms with Gasteiger partial charge in [-0.25, -0.2) is 13.6 Å². The number of anilines is 1. The lowest BCUT2D eigenvalue weighted by molar-refractivity contribution is -0.137. The van der Waals surface area contributed by atoms with Crippen molar-refractivity contribution in [1.29, 1.82) is 0 Å². The summed E-state index contributed by atoms with van der Waals surface area (Å²) in [6.45, 7) is 0.282. The largest absolute Gasteiger partial charge is 0.480 e. The van der Waals surface area contributed by atoms with E-state index in [0.29, 0.717) is 0 Å². The van der Waals surface area contributed by atoms with Gasteiger partial charge in [-0.1, -0.05) is 0 Å². The number of hydrogen-bond acceptors (Lipinski definition) is 3. The predicted octanol–water partition coefficient (Wildman–Crippen LogP) is 0.596. The summed E-state index contributed by atoms with van der Waals surface area (Å²) in [5, 5.41) is 14.4. The number of benzene rings is 1. The number of halogens is 2. The number of nitrogens with one attached hydrogen (secondary N) is 3. The Hall–Kier alpha value is -2.71. The van der Waals surface area contributed by atoms with Crippen molar-refractivity contribution in [1.82, 2.24) is 10.6 Å². The molecular formula is C12H13F2N3O4. The molecule has 9 heteroatoms. The van der Waals surface area contributed by atoms with E-state index < -0.39 is 42.6 Å². The molecule has 0 saturated carbocycles. The minimum absolute atomic E-state index is 0.0894. The fourth-order valence-electron chi connectivity index (χ4n) is 1.31. The molecule has 0 spiro atoms. The topological polar surface area (TPSA) is 108 Å². The maximum atomic E-state index is 13.4. The highest BCUT2D eigenvalue weighted by Crippen LogP contribution is 2.18. The van der Waals surface area contributed by atoms with Gasteiger partial charge in [-0.05, 0) is 18.6 Å². The van der Waals surface area contributed by atoms with E-state index in [4.69, 9.17) is 5.11 Å². The third-order valence-electron chi connectivity index (χ3n) is 2.34. The Bertz CT molecular complexity index is 578. The van der Waals surface area contributed by atoms with Crippen molar-refractivity contribution in [2.45, 2.75) is 6.92 Å². The van der Waals surface area contributed by atoms with Crippen LogP contribution in [0.5, 0.6) is 0 Å². The van der Waals surface area contributed by atoms with E-state index in [2.05, 4.69) is 5.32 Å². The molecule has 1 rings (SSSR count). The lowest BCUT2D eigenvalue weighted by Crippen LogP contribution is -2.40. The lowest BCUT2D eigenvalue weighted by Gasteiger charge is -2.09. The molecule has 0 unspecified atom stereocenters. The van der Waals surface area contributed by atoms with Crippen LogP contribution in [-0.2, 0) is 9.59 Å². The summed E-state index contributed by atoms with van der Waals surface area (Å²) in [6.07, 6.45) is 0. The predicted molar refractivity (Wildman–Crippen MR) is 68.8 cm³/mol. The molecule has 7 nitrogen and oxygen atoms in total. The van der Waals surface area contributed by atoms with Gasteiger partial charge in [0.2, 0.25) is 5.91 Å². The number of amides is 3. The van der Waals surface area contributed by atoms with Crippen LogP contribution >= 0.6 is 0 Å². The molecule has 0 aliphatic carbocycles. The molecule has 114 valence electrons. The molecule has 3 amide bonds. The molecule has 4 N–H and O–H groups in total. The number of urea groups is 1. The number of carbonyl (C=O) groups is 3. The summed E-state index contributed by atoms with van der Waals surface area (Å²) in [5.74, 6) is -3.47. The van der Waals surface area contributed by atoms with Crippen LogP contribution in [0.3, 0.4) is 0 Å². The van der Waals surface area contributed by atoms with Crippen LogP contribution < -0.4 is 16.0 Å². The summed E-state index contributed by atoms with van der Waals surface area (Å²) in [5.41, 5.74) is -0.284. The summed E-state index contributed by atoms with van der Waals surface area (Å²) in [7, 11) is 0. The molecule has 0 heterocycles. The molecule has 21 heavy (non-hydrogen) atoms. The van der Waals surface area contributed by atoms with E-state index in [-0.39, 0.29) is 11.3 Å². The van der Waals surface area contributed by atoms with Crippen LogP contribution in [0.25, 0.3) is 0 Å². The van der Waals surface area contributed by atoms with Crippen molar-refractivity contribution < 1.29 is 28.3 Å². The Morgan fingerprint density at radius 3 is 2.38 bits per heavy atom. The Balaban J connectivity index is 2.49. The number of rotatable bonds is 5. The van der Waals surface area contributed by atoms with Crippen molar-refractivity contribution in [3.8, 4) is 0 Å². The van der Waals surface area contributed by atoms with Gasteiger partial charge in [-0.3, -0.25) is 9.59 Å². The zero-order chi connectivity index (χ0) is 16.0. The van der Waals surface area contributed by atoms with E-state index in [1.807, 2.05) is 10.6 Å². The average Bonchev–Trinajstić information content (AvgIpc) is 2.40. The molecular weight excluding hydrogens is 288 g/mol. The molecule has 0 aromatic heterocycles. The molecule has 0 aliphatic rings. The normalized spacial score (nSPS) is 9.86. The van der Waals surface area contributed by atoms with E-state index in [1.165, 1.54) is 6.92 Å². The van der Waals surface area contributed by atoms with Crippen molar-refractivity contribution in [2.75, 3.05) is 18.4 Å². The van der Waals surface area contributed by atoms with Crippen LogP contribution in [0.15, 0.2) is 12.1 Å². The van der Waals surface area contributed by atoms with Gasteiger partial charge in [0.05, 0.1) is 12.2 Å². The highest BCUT2D eigenvalue weighted by atomic mass is 19.1. The number of aryl methyl sites for hydroxylation is 1. The van der Waals surface area contributed by atoms with E-state index in [1.54, 1.807) is 0 Å². The Morgan fingerprint density at radius 1 is 1.10 bits per heavy atom. The van der Waals surface area contributed by atoms with Crippen LogP contribution in [0.4, 0.5) is 19.3 Å². The molecule has 0 saturated heterocycles. The first-order valence-corrected chi connectivity index (χ1v) is 5.78. The fraction of sp³-hybridized carbons (Fsp3) is 0.250. The standard InChI is InChI=1S/C12H13F2N3O4/c1-6-2-8(14)9(3-7(6)13)17-12(21)16-4-10(18)15-5-11(19)20/h2-3H,4-5H2,1H3,(H,15,18)(H,19,20)(H2,16,17,21). The molecule has 0 bridgehead atoms. The van der Waals surface area contributed by atoms with Gasteiger partial charge >= 0.3 is 12.0 Å². The zero-order valence-electron chi connectivity index (χ0n) is 11.0. The summed E-state index contributed by atoms with van der Waals surface area (Å²) < 4.78 is 26.7. The van der Waals surface area contributed by atoms with E-state index in [0.717, 1.165) is 12.1 Å². The molecule has 0 fully saturated rings. The van der Waals surface area contributed by atoms with Gasteiger partial charge in [-0.15, -0.1) is 0 Å². The van der Waals surface area contributed by atoms with Crippen molar-refractivity contribution >= 4 is 23.6 Å². The molecule has 1 aromatic rings. The first-order chi connectivity index (χ1) is 9.79. The van der Waals surface area contributed by atoms with Gasteiger partial charge < -0.3 is 21.1 Å². The lowest BCUT2D eigenvalue weighted by atomic mass is 10.2. The Kier molecular flexibility index (Phi) is 5.58. The second-order valence-corrected chi connectivity index (χ2v) is 4.06. The quantitative estimate of drug-likeness (QED) is 0.638. The van der Waals surface area contributed by atoms with Gasteiger partial charge in [0.1, 0.15) is 18.2 Å². The van der Waals surface area contributed by atoms with Crippen molar-refractivity contribution in [2.24, 2.45) is 0 Å². The molecule has 0 aliphatic heterocycles. The molecule has 0 atom stereocenters. The van der Waals surface area contributed by atoms with Crippen molar-refractivity contribution in [3.05, 3.63) is 29.3 Å². The highest BCUT2D eigenvalue weighted by Gasteiger charge is 2.11. The fourth-order valence-corrected chi connectivity index (χ4v) is 1.31. The van der Waals surface area contributed by atoms with Gasteiger partial charge in [-0.2, -0.15) is 0 Å². The Morgan fingerprint density at radius 2 is 1.76 bits per heavy atom. The SMILES string of the molecule is Cc1cc(F)c(NC(=O)NCC(=O)NCC(=O)O)cc1F. The zero-order valence-corrected chi connectivity index (χ0v) is 11.0. The first kappa shape index (κ1) is 16.3. The van der Waals surface area contributed by atoms with Gasteiger partial charge in [0, 0.05) is 6.07 Å². The van der Waals surface area contributed by atoms with E-state index in [9.17, 15) is 23.2 Å². The number of carbonyl (C=O) groups excluding carboxylic acids is 2. The molecule has 0 radical (unpaired) electrons. The van der Waals surface area contributed by atoms with Crippen LogP contribution in [-0.4, -0.2) is 36.1 Å². The number of aliphatic carboxylic acids is 1. The minimum Gasteiger partial charge on any atom is -0.480 e. The summed E-state index contributed by atoms with van der Waals surface area (Å²) in [4.78, 5) is 32.7. The van der Waals surface area contributed by atoms with E-state index >= 15 is 0 Å². The summed E-state index contributed by atoms with van der Waals surface area (Å²) in [6, 6.07) is 0.807. The smallest absolute Gasteiger partial charge is 0.322 e. The van der Waals surface area contributed by atoms with Crippen LogP contribution in [0.2, 0.25) is 0 Å². The monoisotopic (exact) mass is 301 g/mol. The first-order valence-electron chi connectivity index (χ1n) is 5.78. The number of carboxylic acids is 1. The summed E-state index contributed by atoms with van der Waals surface area (Å²) >= 11 is 0. The van der Waals surface area contributed by atoms with Crippen LogP contribution in [0, 0.1) is 18.6 Å². The average molecular weight is 301 g/mol. The number of hydrogen-bond donors (Lipinski definition) is 4. The van der Waals surface area contributed by atoms with Crippen molar-refractivity contribution in [3.63, 3.8) is 0 Å².